The van der Waals surface area contributed by atoms with Crippen molar-refractivity contribution in [2.24, 2.45) is 5.73 Å². The van der Waals surface area contributed by atoms with Crippen molar-refractivity contribution >= 4 is 0 Å². The van der Waals surface area contributed by atoms with Gasteiger partial charge in [-0.15, -0.1) is 0 Å². The van der Waals surface area contributed by atoms with Gasteiger partial charge in [0.1, 0.15) is 0 Å². The molecule has 0 radical (unpaired) electrons. The van der Waals surface area contributed by atoms with Gasteiger partial charge in [0.25, 0.3) is 0 Å². The maximum absolute atomic E-state index is 5.94. The number of aryl methyl sites for hydroxylation is 2. The van der Waals surface area contributed by atoms with Gasteiger partial charge in [-0.2, -0.15) is 0 Å². The summed E-state index contributed by atoms with van der Waals surface area (Å²) in [6, 6.07) is 7.13. The third kappa shape index (κ3) is 2.99. The van der Waals surface area contributed by atoms with Crippen LogP contribution in [0, 0.1) is 0 Å². The van der Waals surface area contributed by atoms with Crippen LogP contribution in [0.15, 0.2) is 18.2 Å². The SMILES string of the molecule is CC(N)C1CN(Cc2ccc3c(c2)CCC3)CCO1. The van der Waals surface area contributed by atoms with Crippen LogP contribution in [-0.2, 0) is 24.1 Å². The van der Waals surface area contributed by atoms with Crippen molar-refractivity contribution in [2.45, 2.75) is 44.9 Å². The lowest BCUT2D eigenvalue weighted by atomic mass is 10.1. The normalized spacial score (nSPS) is 25.3. The van der Waals surface area contributed by atoms with Gasteiger partial charge < -0.3 is 10.5 Å². The molecule has 2 N–H and O–H groups in total. The maximum Gasteiger partial charge on any atom is 0.0850 e. The first kappa shape index (κ1) is 13.1. The van der Waals surface area contributed by atoms with Crippen molar-refractivity contribution in [1.82, 2.24) is 4.90 Å². The standard InChI is InChI=1S/C16H24N2O/c1-12(17)16-11-18(7-8-19-16)10-13-5-6-14-3-2-4-15(14)9-13/h5-6,9,12,16H,2-4,7-8,10-11,17H2,1H3. The molecule has 1 fully saturated rings. The van der Waals surface area contributed by atoms with Gasteiger partial charge in [0.2, 0.25) is 0 Å². The molecule has 0 bridgehead atoms. The van der Waals surface area contributed by atoms with Gasteiger partial charge in [-0.1, -0.05) is 18.2 Å². The minimum absolute atomic E-state index is 0.114. The van der Waals surface area contributed by atoms with Crippen LogP contribution < -0.4 is 5.73 Å². The van der Waals surface area contributed by atoms with E-state index in [-0.39, 0.29) is 12.1 Å². The highest BCUT2D eigenvalue weighted by Gasteiger charge is 2.23. The second kappa shape index (κ2) is 5.61. The van der Waals surface area contributed by atoms with Crippen molar-refractivity contribution < 1.29 is 4.74 Å². The molecule has 1 aliphatic carbocycles. The summed E-state index contributed by atoms with van der Waals surface area (Å²) in [5.74, 6) is 0. The van der Waals surface area contributed by atoms with E-state index in [0.29, 0.717) is 0 Å². The van der Waals surface area contributed by atoms with Crippen molar-refractivity contribution in [2.75, 3.05) is 19.7 Å². The molecule has 2 atom stereocenters. The van der Waals surface area contributed by atoms with E-state index in [2.05, 4.69) is 23.1 Å². The smallest absolute Gasteiger partial charge is 0.0850 e. The molecule has 3 rings (SSSR count). The number of hydrogen-bond acceptors (Lipinski definition) is 3. The van der Waals surface area contributed by atoms with Crippen LogP contribution in [0.1, 0.15) is 30.0 Å². The van der Waals surface area contributed by atoms with Crippen molar-refractivity contribution in [1.29, 1.82) is 0 Å². The Morgan fingerprint density at radius 1 is 1.37 bits per heavy atom. The predicted molar refractivity (Wildman–Crippen MR) is 77.1 cm³/mol. The Morgan fingerprint density at radius 2 is 2.21 bits per heavy atom. The predicted octanol–water partition coefficient (Wildman–Crippen LogP) is 1.72. The second-order valence-corrected chi connectivity index (χ2v) is 5.96. The molecule has 0 amide bonds. The molecular weight excluding hydrogens is 236 g/mol. The Kier molecular flexibility index (Phi) is 3.87. The molecule has 3 heteroatoms. The highest BCUT2D eigenvalue weighted by Crippen LogP contribution is 2.23. The zero-order valence-corrected chi connectivity index (χ0v) is 11.8. The Balaban J connectivity index is 1.64. The lowest BCUT2D eigenvalue weighted by Gasteiger charge is -2.34. The van der Waals surface area contributed by atoms with Crippen molar-refractivity contribution in [3.05, 3.63) is 34.9 Å². The molecule has 1 saturated heterocycles. The summed E-state index contributed by atoms with van der Waals surface area (Å²) >= 11 is 0. The largest absolute Gasteiger partial charge is 0.374 e. The first-order valence-electron chi connectivity index (χ1n) is 7.42. The Bertz CT molecular complexity index is 444. The summed E-state index contributed by atoms with van der Waals surface area (Å²) < 4.78 is 5.71. The highest BCUT2D eigenvalue weighted by atomic mass is 16.5. The zero-order valence-electron chi connectivity index (χ0n) is 11.8. The number of ether oxygens (including phenoxy) is 1. The molecular formula is C16H24N2O. The minimum atomic E-state index is 0.114. The fourth-order valence-corrected chi connectivity index (χ4v) is 3.18. The van der Waals surface area contributed by atoms with Crippen LogP contribution in [0.25, 0.3) is 0 Å². The number of rotatable bonds is 3. The molecule has 2 aliphatic rings. The maximum atomic E-state index is 5.94. The molecule has 104 valence electrons. The van der Waals surface area contributed by atoms with E-state index in [1.807, 2.05) is 6.92 Å². The first-order chi connectivity index (χ1) is 9.22. The van der Waals surface area contributed by atoms with E-state index in [1.165, 1.54) is 24.8 Å². The Labute approximate surface area is 115 Å². The van der Waals surface area contributed by atoms with Gasteiger partial charge in [-0.3, -0.25) is 4.90 Å². The van der Waals surface area contributed by atoms with E-state index < -0.39 is 0 Å². The third-order valence-corrected chi connectivity index (χ3v) is 4.33. The molecule has 1 aromatic carbocycles. The fourth-order valence-electron chi connectivity index (χ4n) is 3.18. The van der Waals surface area contributed by atoms with Gasteiger partial charge >= 0.3 is 0 Å². The molecule has 3 nitrogen and oxygen atoms in total. The van der Waals surface area contributed by atoms with E-state index >= 15 is 0 Å². The molecule has 0 spiro atoms. The molecule has 19 heavy (non-hydrogen) atoms. The second-order valence-electron chi connectivity index (χ2n) is 5.96. The molecule has 1 heterocycles. The van der Waals surface area contributed by atoms with E-state index in [9.17, 15) is 0 Å². The van der Waals surface area contributed by atoms with Crippen LogP contribution in [0.3, 0.4) is 0 Å². The molecule has 0 saturated carbocycles. The molecule has 0 aromatic heterocycles. The summed E-state index contributed by atoms with van der Waals surface area (Å²) in [6.45, 7) is 5.83. The molecule has 1 aliphatic heterocycles. The van der Waals surface area contributed by atoms with Crippen LogP contribution in [-0.4, -0.2) is 36.7 Å². The van der Waals surface area contributed by atoms with E-state index in [4.69, 9.17) is 10.5 Å². The van der Waals surface area contributed by atoms with Gasteiger partial charge in [-0.25, -0.2) is 0 Å². The quantitative estimate of drug-likeness (QED) is 0.899. The van der Waals surface area contributed by atoms with Crippen molar-refractivity contribution in [3.63, 3.8) is 0 Å². The van der Waals surface area contributed by atoms with Crippen LogP contribution in [0.2, 0.25) is 0 Å². The lowest BCUT2D eigenvalue weighted by Crippen LogP contribution is -2.49. The lowest BCUT2D eigenvalue weighted by molar-refractivity contribution is -0.0403. The Hall–Kier alpha value is -0.900. The molecule has 2 unspecified atom stereocenters. The third-order valence-electron chi connectivity index (χ3n) is 4.33. The average molecular weight is 260 g/mol. The zero-order chi connectivity index (χ0) is 13.2. The van der Waals surface area contributed by atoms with Crippen LogP contribution >= 0.6 is 0 Å². The summed E-state index contributed by atoms with van der Waals surface area (Å²) in [6.07, 6.45) is 4.03. The number of nitrogens with zero attached hydrogens (tertiary/aromatic N) is 1. The van der Waals surface area contributed by atoms with Crippen molar-refractivity contribution in [3.8, 4) is 0 Å². The van der Waals surface area contributed by atoms with Crippen LogP contribution in [0.5, 0.6) is 0 Å². The number of nitrogens with two attached hydrogens (primary N) is 1. The van der Waals surface area contributed by atoms with Gasteiger partial charge in [0.15, 0.2) is 0 Å². The molecule has 1 aromatic rings. The summed E-state index contributed by atoms with van der Waals surface area (Å²) in [5, 5.41) is 0. The average Bonchev–Trinajstić information content (AvgIpc) is 2.86. The first-order valence-corrected chi connectivity index (χ1v) is 7.42. The summed E-state index contributed by atoms with van der Waals surface area (Å²) in [7, 11) is 0. The fraction of sp³-hybridized carbons (Fsp3) is 0.625. The van der Waals surface area contributed by atoms with Gasteiger partial charge in [0, 0.05) is 25.7 Å². The summed E-state index contributed by atoms with van der Waals surface area (Å²) in [4.78, 5) is 2.47. The topological polar surface area (TPSA) is 38.5 Å². The number of fused-ring (bicyclic) bond motifs is 1. The highest BCUT2D eigenvalue weighted by molar-refractivity contribution is 5.35. The number of hydrogen-bond donors (Lipinski definition) is 1. The van der Waals surface area contributed by atoms with E-state index in [0.717, 1.165) is 26.2 Å². The summed E-state index contributed by atoms with van der Waals surface area (Å²) in [5.41, 5.74) is 10.5. The van der Waals surface area contributed by atoms with Gasteiger partial charge in [-0.05, 0) is 42.9 Å². The van der Waals surface area contributed by atoms with E-state index in [1.54, 1.807) is 11.1 Å². The van der Waals surface area contributed by atoms with Gasteiger partial charge in [0.05, 0.1) is 12.7 Å². The number of benzene rings is 1. The number of morpholine rings is 1. The Morgan fingerprint density at radius 3 is 3.05 bits per heavy atom. The van der Waals surface area contributed by atoms with Crippen LogP contribution in [0.4, 0.5) is 0 Å². The monoisotopic (exact) mass is 260 g/mol. The minimum Gasteiger partial charge on any atom is -0.374 e.